The molecule has 4 rings (SSSR count). The van der Waals surface area contributed by atoms with Crippen LogP contribution in [0.2, 0.25) is 0 Å². The molecule has 1 nitrogen and oxygen atoms in total. The molecule has 0 aromatic heterocycles. The standard InChI is InChI=1S/C11H18O/c1-11(12)9-3-7-2-8(5-9)6-10(11)4-7/h7-10,12H,2-6H2,1H3/i12D. The maximum Gasteiger partial charge on any atom is 0.211 e. The molecule has 68 valence electrons. The molecule has 0 amide bonds. The molecule has 0 saturated heterocycles. The molecule has 4 saturated carbocycles. The van der Waals surface area contributed by atoms with Crippen molar-refractivity contribution in [1.82, 2.24) is 0 Å². The van der Waals surface area contributed by atoms with Gasteiger partial charge in [-0.05, 0) is 62.7 Å². The van der Waals surface area contributed by atoms with Gasteiger partial charge < -0.3 is 5.11 Å². The molecule has 0 aromatic carbocycles. The van der Waals surface area contributed by atoms with E-state index < -0.39 is 0 Å². The van der Waals surface area contributed by atoms with Gasteiger partial charge in [0.25, 0.3) is 0 Å². The fraction of sp³-hybridized carbons (Fsp3) is 1.00. The molecule has 0 atom stereocenters. The average Bonchev–Trinajstić information content (AvgIpc) is 2.13. The van der Waals surface area contributed by atoms with Gasteiger partial charge in [-0.3, -0.25) is 0 Å². The molecule has 1 N–H and O–H groups in total. The van der Waals surface area contributed by atoms with E-state index in [1.54, 1.807) is 0 Å². The summed E-state index contributed by atoms with van der Waals surface area (Å²) in [6, 6.07) is 0. The summed E-state index contributed by atoms with van der Waals surface area (Å²) >= 11 is 0. The van der Waals surface area contributed by atoms with Gasteiger partial charge in [0.2, 0.25) is 1.43 Å². The lowest BCUT2D eigenvalue weighted by Gasteiger charge is -2.57. The van der Waals surface area contributed by atoms with Gasteiger partial charge in [-0.2, -0.15) is 0 Å². The highest BCUT2D eigenvalue weighted by molar-refractivity contribution is 5.04. The Balaban J connectivity index is 1.93. The Morgan fingerprint density at radius 2 is 1.58 bits per heavy atom. The minimum Gasteiger partial charge on any atom is -0.390 e. The summed E-state index contributed by atoms with van der Waals surface area (Å²) in [6.45, 7) is 2.17. The van der Waals surface area contributed by atoms with Gasteiger partial charge in [0.1, 0.15) is 0 Å². The SMILES string of the molecule is [2H]OC1(C)C2CC3CC(C2)CC1C3. The quantitative estimate of drug-likeness (QED) is 0.634. The van der Waals surface area contributed by atoms with Gasteiger partial charge in [0, 0.05) is 0 Å². The molecule has 4 fully saturated rings. The average molecular weight is 167 g/mol. The lowest BCUT2D eigenvalue weighted by Crippen LogP contribution is -2.55. The van der Waals surface area contributed by atoms with Crippen LogP contribution in [0.25, 0.3) is 0 Å². The van der Waals surface area contributed by atoms with E-state index in [1.807, 2.05) is 0 Å². The third-order valence-electron chi connectivity index (χ3n) is 4.76. The molecule has 0 aliphatic heterocycles. The summed E-state index contributed by atoms with van der Waals surface area (Å²) in [5.74, 6) is 3.35. The van der Waals surface area contributed by atoms with Crippen molar-refractivity contribution < 1.29 is 5.11 Å². The van der Waals surface area contributed by atoms with E-state index in [0.717, 1.165) is 11.8 Å². The topological polar surface area (TPSA) is 20.2 Å². The molecule has 0 aromatic rings. The Hall–Kier alpha value is -0.0400. The van der Waals surface area contributed by atoms with Gasteiger partial charge in [0.15, 0.2) is 0 Å². The summed E-state index contributed by atoms with van der Waals surface area (Å²) < 4.78 is 7.27. The first-order valence-electron chi connectivity index (χ1n) is 5.77. The van der Waals surface area contributed by atoms with Crippen LogP contribution in [0.3, 0.4) is 0 Å². The summed E-state index contributed by atoms with van der Waals surface area (Å²) in [7, 11) is 0. The van der Waals surface area contributed by atoms with Crippen molar-refractivity contribution >= 4 is 0 Å². The predicted molar refractivity (Wildman–Crippen MR) is 47.7 cm³/mol. The lowest BCUT2D eigenvalue weighted by atomic mass is 9.50. The van der Waals surface area contributed by atoms with Crippen molar-refractivity contribution in [2.24, 2.45) is 23.7 Å². The Morgan fingerprint density at radius 3 is 2.00 bits per heavy atom. The normalized spacial score (nSPS) is 63.6. The number of hydrogen-bond acceptors (Lipinski definition) is 1. The molecule has 4 aliphatic carbocycles. The van der Waals surface area contributed by atoms with Gasteiger partial charge in [-0.25, -0.2) is 0 Å². The molecular formula is C11H18O. The first-order chi connectivity index (χ1) is 6.22. The van der Waals surface area contributed by atoms with Crippen LogP contribution in [0.15, 0.2) is 0 Å². The Morgan fingerprint density at radius 1 is 1.08 bits per heavy atom. The Kier molecular flexibility index (Phi) is 1.10. The van der Waals surface area contributed by atoms with Crippen molar-refractivity contribution in [3.05, 3.63) is 0 Å². The largest absolute Gasteiger partial charge is 0.390 e. The van der Waals surface area contributed by atoms with Crippen molar-refractivity contribution in [2.75, 3.05) is 0 Å². The molecular weight excluding hydrogens is 148 g/mol. The number of rotatable bonds is 1. The smallest absolute Gasteiger partial charge is 0.211 e. The lowest BCUT2D eigenvalue weighted by molar-refractivity contribution is -0.161. The molecule has 0 heterocycles. The molecule has 0 unspecified atom stereocenters. The number of aliphatic hydroxyl groups is 1. The molecule has 0 radical (unpaired) electrons. The fourth-order valence-corrected chi connectivity index (χ4v) is 4.12. The second kappa shape index (κ2) is 2.06. The maximum absolute atomic E-state index is 7.27. The summed E-state index contributed by atoms with van der Waals surface area (Å²) in [4.78, 5) is 0. The predicted octanol–water partition coefficient (Wildman–Crippen LogP) is 2.19. The van der Waals surface area contributed by atoms with E-state index >= 15 is 0 Å². The van der Waals surface area contributed by atoms with Crippen LogP contribution in [-0.4, -0.2) is 12.1 Å². The molecule has 12 heavy (non-hydrogen) atoms. The van der Waals surface area contributed by atoms with Crippen LogP contribution in [0.4, 0.5) is 0 Å². The molecule has 1 heteroatoms. The van der Waals surface area contributed by atoms with E-state index in [-0.39, 0.29) is 5.60 Å². The van der Waals surface area contributed by atoms with Gasteiger partial charge in [-0.1, -0.05) is 0 Å². The minimum atomic E-state index is -0.0899. The highest BCUT2D eigenvalue weighted by atomic mass is 16.3. The Bertz CT molecular complexity index is 198. The third kappa shape index (κ3) is 0.783. The van der Waals surface area contributed by atoms with Crippen molar-refractivity contribution in [3.8, 4) is 0 Å². The van der Waals surface area contributed by atoms with Crippen LogP contribution in [0, 0.1) is 23.7 Å². The summed E-state index contributed by atoms with van der Waals surface area (Å²) in [5, 5.41) is 5.06. The van der Waals surface area contributed by atoms with E-state index in [2.05, 4.69) is 6.92 Å². The maximum atomic E-state index is 7.27. The molecule has 0 spiro atoms. The third-order valence-corrected chi connectivity index (χ3v) is 4.76. The number of hydrogen-bond donors (Lipinski definition) is 1. The monoisotopic (exact) mass is 167 g/mol. The zero-order chi connectivity index (χ0) is 9.05. The fourth-order valence-electron chi connectivity index (χ4n) is 4.12. The zero-order valence-corrected chi connectivity index (χ0v) is 7.75. The van der Waals surface area contributed by atoms with Crippen LogP contribution < -0.4 is 0 Å². The second-order valence-corrected chi connectivity index (χ2v) is 5.49. The first kappa shape index (κ1) is 6.42. The van der Waals surface area contributed by atoms with E-state index in [9.17, 15) is 0 Å². The van der Waals surface area contributed by atoms with Crippen molar-refractivity contribution in [1.29, 1.82) is 1.43 Å². The van der Waals surface area contributed by atoms with Crippen LogP contribution in [0.5, 0.6) is 0 Å². The van der Waals surface area contributed by atoms with Gasteiger partial charge >= 0.3 is 0 Å². The zero-order valence-electron chi connectivity index (χ0n) is 8.75. The van der Waals surface area contributed by atoms with Crippen molar-refractivity contribution in [2.45, 2.75) is 44.6 Å². The van der Waals surface area contributed by atoms with Gasteiger partial charge in [-0.15, -0.1) is 0 Å². The highest BCUT2D eigenvalue weighted by Crippen LogP contribution is 2.57. The summed E-state index contributed by atoms with van der Waals surface area (Å²) in [5.41, 5.74) is -0.0899. The highest BCUT2D eigenvalue weighted by Gasteiger charge is 2.53. The van der Waals surface area contributed by atoms with Crippen LogP contribution >= 0.6 is 0 Å². The Labute approximate surface area is 75.7 Å². The molecule has 4 aliphatic rings. The van der Waals surface area contributed by atoms with Gasteiger partial charge in [0.05, 0.1) is 5.60 Å². The first-order valence-corrected chi connectivity index (χ1v) is 5.36. The second-order valence-electron chi connectivity index (χ2n) is 5.49. The summed E-state index contributed by atoms with van der Waals surface area (Å²) in [6.07, 6.45) is 6.82. The minimum absolute atomic E-state index is 0.0899. The molecule has 4 bridgehead atoms. The van der Waals surface area contributed by atoms with Crippen LogP contribution in [-0.2, 0) is 0 Å². The van der Waals surface area contributed by atoms with Crippen LogP contribution in [0.1, 0.15) is 39.0 Å². The van der Waals surface area contributed by atoms with E-state index in [1.165, 1.54) is 32.1 Å². The van der Waals surface area contributed by atoms with E-state index in [4.69, 9.17) is 6.54 Å². The van der Waals surface area contributed by atoms with E-state index in [0.29, 0.717) is 11.8 Å². The van der Waals surface area contributed by atoms with Crippen molar-refractivity contribution in [3.63, 3.8) is 0 Å².